The summed E-state index contributed by atoms with van der Waals surface area (Å²) in [4.78, 5) is 11.5. The number of methoxy groups -OCH3 is 3. The normalized spacial score (nSPS) is 12.6. The number of rotatable bonds is 6. The Morgan fingerprint density at radius 1 is 1.19 bits per heavy atom. The number of ether oxygens (including phenoxy) is 3. The molecule has 0 spiro atoms. The van der Waals surface area contributed by atoms with Crippen LogP contribution in [-0.4, -0.2) is 41.8 Å². The zero-order chi connectivity index (χ0) is 16.2. The lowest BCUT2D eigenvalue weighted by Gasteiger charge is -2.14. The average molecular weight is 382 g/mol. The van der Waals surface area contributed by atoms with E-state index < -0.39 is 22.0 Å². The fraction of sp³-hybridized carbons (Fsp3) is 0.417. The Morgan fingerprint density at radius 3 is 2.19 bits per heavy atom. The predicted molar refractivity (Wildman–Crippen MR) is 79.0 cm³/mol. The van der Waals surface area contributed by atoms with Crippen molar-refractivity contribution in [2.45, 2.75) is 17.9 Å². The molecule has 0 aliphatic carbocycles. The monoisotopic (exact) mass is 381 g/mol. The van der Waals surface area contributed by atoms with E-state index in [4.69, 9.17) is 14.2 Å². The van der Waals surface area contributed by atoms with E-state index in [0.29, 0.717) is 5.75 Å². The molecule has 1 aromatic rings. The molecule has 9 heteroatoms. The largest absolute Gasteiger partial charge is 0.493 e. The van der Waals surface area contributed by atoms with Gasteiger partial charge in [-0.05, 0) is 28.9 Å². The number of carbonyl (C=O) groups excluding carboxylic acids is 1. The van der Waals surface area contributed by atoms with Gasteiger partial charge in [-0.2, -0.15) is 0 Å². The fourth-order valence-electron chi connectivity index (χ4n) is 1.42. The first-order valence-corrected chi connectivity index (χ1v) is 8.05. The van der Waals surface area contributed by atoms with E-state index >= 15 is 0 Å². The molecule has 21 heavy (non-hydrogen) atoms. The summed E-state index contributed by atoms with van der Waals surface area (Å²) in [6.45, 7) is 1.44. The minimum atomic E-state index is -4.06. The molecule has 118 valence electrons. The molecule has 0 aliphatic heterocycles. The quantitative estimate of drug-likeness (QED) is 0.798. The van der Waals surface area contributed by atoms with Crippen LogP contribution in [0.15, 0.2) is 21.5 Å². The molecule has 0 radical (unpaired) electrons. The maximum atomic E-state index is 12.2. The van der Waals surface area contributed by atoms with Gasteiger partial charge in [0.2, 0.25) is 0 Å². The summed E-state index contributed by atoms with van der Waals surface area (Å²) in [5, 5.41) is 0. The highest BCUT2D eigenvalue weighted by Crippen LogP contribution is 2.35. The second-order valence-corrected chi connectivity index (χ2v) is 6.49. The topological polar surface area (TPSA) is 90.9 Å². The van der Waals surface area contributed by atoms with E-state index in [1.54, 1.807) is 0 Å². The Balaban J connectivity index is 3.23. The molecule has 0 bridgehead atoms. The van der Waals surface area contributed by atoms with Crippen LogP contribution in [0.25, 0.3) is 0 Å². The lowest BCUT2D eigenvalue weighted by atomic mass is 10.3. The van der Waals surface area contributed by atoms with Crippen molar-refractivity contribution in [1.82, 2.24) is 4.72 Å². The van der Waals surface area contributed by atoms with E-state index in [9.17, 15) is 13.2 Å². The van der Waals surface area contributed by atoms with Gasteiger partial charge in [-0.3, -0.25) is 4.79 Å². The molecule has 1 rings (SSSR count). The fourth-order valence-corrected chi connectivity index (χ4v) is 3.50. The Morgan fingerprint density at radius 2 is 1.71 bits per heavy atom. The molecule has 0 saturated heterocycles. The zero-order valence-corrected chi connectivity index (χ0v) is 14.4. The number of hydrogen-bond donors (Lipinski definition) is 1. The molecule has 0 fully saturated rings. The summed E-state index contributed by atoms with van der Waals surface area (Å²) in [5.74, 6) is -0.174. The van der Waals surface area contributed by atoms with Crippen molar-refractivity contribution in [2.75, 3.05) is 21.3 Å². The predicted octanol–water partition coefficient (Wildman–Crippen LogP) is 1.31. The Labute approximate surface area is 131 Å². The third-order valence-corrected chi connectivity index (χ3v) is 4.99. The summed E-state index contributed by atoms with van der Waals surface area (Å²) in [5.41, 5.74) is 0. The van der Waals surface area contributed by atoms with Crippen molar-refractivity contribution in [1.29, 1.82) is 0 Å². The van der Waals surface area contributed by atoms with Gasteiger partial charge in [0, 0.05) is 17.6 Å². The van der Waals surface area contributed by atoms with Gasteiger partial charge in [0.05, 0.1) is 14.2 Å². The molecule has 1 atom stereocenters. The highest BCUT2D eigenvalue weighted by molar-refractivity contribution is 9.10. The molecule has 0 aliphatic rings. The van der Waals surface area contributed by atoms with Crippen molar-refractivity contribution < 1.29 is 27.4 Å². The lowest BCUT2D eigenvalue weighted by Crippen LogP contribution is -2.38. The molecule has 0 unspecified atom stereocenters. The first-order chi connectivity index (χ1) is 9.76. The van der Waals surface area contributed by atoms with Gasteiger partial charge < -0.3 is 14.2 Å². The van der Waals surface area contributed by atoms with Gasteiger partial charge in [-0.1, -0.05) is 0 Å². The van der Waals surface area contributed by atoms with Gasteiger partial charge >= 0.3 is 0 Å². The number of halogens is 1. The number of carbonyl (C=O) groups is 1. The van der Waals surface area contributed by atoms with Crippen LogP contribution in [0.3, 0.4) is 0 Å². The summed E-state index contributed by atoms with van der Waals surface area (Å²) in [6, 6.07) is 2.70. The first kappa shape index (κ1) is 17.7. The Bertz CT molecular complexity index is 631. The van der Waals surface area contributed by atoms with Gasteiger partial charge in [-0.25, -0.2) is 13.1 Å². The number of amides is 1. The standard InChI is InChI=1S/C12H16BrNO6S/c1-7(18-2)12(15)14-21(16,17)11-6-10(20-4)9(19-3)5-8(11)13/h5-7H,1-4H3,(H,14,15)/t7-/m1/s1. The van der Waals surface area contributed by atoms with Crippen LogP contribution in [0.4, 0.5) is 0 Å². The summed E-state index contributed by atoms with van der Waals surface area (Å²) in [7, 11) is 0.0576. The molecule has 1 amide bonds. The van der Waals surface area contributed by atoms with Crippen LogP contribution in [-0.2, 0) is 19.6 Å². The SMILES string of the molecule is COc1cc(Br)c(S(=O)(=O)NC(=O)[C@@H](C)OC)cc1OC. The number of sulfonamides is 1. The van der Waals surface area contributed by atoms with Crippen molar-refractivity contribution in [2.24, 2.45) is 0 Å². The molecular formula is C12H16BrNO6S. The molecule has 1 N–H and O–H groups in total. The second-order valence-electron chi connectivity index (χ2n) is 3.99. The highest BCUT2D eigenvalue weighted by atomic mass is 79.9. The van der Waals surface area contributed by atoms with E-state index in [-0.39, 0.29) is 15.1 Å². The number of hydrogen-bond acceptors (Lipinski definition) is 6. The van der Waals surface area contributed by atoms with E-state index in [1.807, 2.05) is 4.72 Å². The van der Waals surface area contributed by atoms with E-state index in [2.05, 4.69) is 15.9 Å². The minimum absolute atomic E-state index is 0.142. The number of nitrogens with one attached hydrogen (secondary N) is 1. The van der Waals surface area contributed by atoms with Crippen LogP contribution < -0.4 is 14.2 Å². The third kappa shape index (κ3) is 4.08. The van der Waals surface area contributed by atoms with Crippen LogP contribution >= 0.6 is 15.9 Å². The second kappa shape index (κ2) is 7.10. The molecule has 7 nitrogen and oxygen atoms in total. The van der Waals surface area contributed by atoms with Crippen molar-refractivity contribution in [3.05, 3.63) is 16.6 Å². The Hall–Kier alpha value is -1.32. The van der Waals surface area contributed by atoms with Crippen molar-refractivity contribution >= 4 is 31.9 Å². The van der Waals surface area contributed by atoms with Gasteiger partial charge in [0.15, 0.2) is 11.5 Å². The van der Waals surface area contributed by atoms with Crippen LogP contribution in [0.5, 0.6) is 11.5 Å². The van der Waals surface area contributed by atoms with Gasteiger partial charge in [0.25, 0.3) is 15.9 Å². The van der Waals surface area contributed by atoms with Crippen molar-refractivity contribution in [3.63, 3.8) is 0 Å². The van der Waals surface area contributed by atoms with Crippen LogP contribution in [0.1, 0.15) is 6.92 Å². The molecule has 0 saturated carbocycles. The smallest absolute Gasteiger partial charge is 0.265 e. The molecular weight excluding hydrogens is 366 g/mol. The molecule has 0 aromatic heterocycles. The summed E-state index contributed by atoms with van der Waals surface area (Å²) < 4.78 is 41.5. The lowest BCUT2D eigenvalue weighted by molar-refractivity contribution is -0.128. The maximum Gasteiger partial charge on any atom is 0.265 e. The molecule has 0 heterocycles. The van der Waals surface area contributed by atoms with Gasteiger partial charge in [0.1, 0.15) is 11.0 Å². The zero-order valence-electron chi connectivity index (χ0n) is 12.0. The van der Waals surface area contributed by atoms with Gasteiger partial charge in [-0.15, -0.1) is 0 Å². The molecule has 1 aromatic carbocycles. The van der Waals surface area contributed by atoms with Crippen LogP contribution in [0, 0.1) is 0 Å². The van der Waals surface area contributed by atoms with E-state index in [1.165, 1.54) is 40.4 Å². The maximum absolute atomic E-state index is 12.2. The third-order valence-electron chi connectivity index (χ3n) is 2.69. The Kier molecular flexibility index (Phi) is 5.99. The minimum Gasteiger partial charge on any atom is -0.493 e. The average Bonchev–Trinajstić information content (AvgIpc) is 2.44. The first-order valence-electron chi connectivity index (χ1n) is 5.77. The summed E-state index contributed by atoms with van der Waals surface area (Å²) >= 11 is 3.13. The summed E-state index contributed by atoms with van der Waals surface area (Å²) in [6.07, 6.45) is -0.890. The van der Waals surface area contributed by atoms with Crippen LogP contribution in [0.2, 0.25) is 0 Å². The number of benzene rings is 1. The highest BCUT2D eigenvalue weighted by Gasteiger charge is 2.25. The van der Waals surface area contributed by atoms with Crippen molar-refractivity contribution in [3.8, 4) is 11.5 Å². The van der Waals surface area contributed by atoms with E-state index in [0.717, 1.165) is 0 Å².